The van der Waals surface area contributed by atoms with E-state index in [4.69, 9.17) is 0 Å². The lowest BCUT2D eigenvalue weighted by Crippen LogP contribution is -2.20. The molecule has 0 spiro atoms. The zero-order chi connectivity index (χ0) is 14.1. The minimum Gasteiger partial charge on any atom is -0.476 e. The van der Waals surface area contributed by atoms with Crippen molar-refractivity contribution in [2.24, 2.45) is 0 Å². The van der Waals surface area contributed by atoms with Crippen LogP contribution in [0.2, 0.25) is 0 Å². The summed E-state index contributed by atoms with van der Waals surface area (Å²) in [4.78, 5) is 11.3. The van der Waals surface area contributed by atoms with Gasteiger partial charge in [-0.05, 0) is 25.3 Å². The summed E-state index contributed by atoms with van der Waals surface area (Å²) in [6.45, 7) is 2.03. The number of hydrogen-bond acceptors (Lipinski definition) is 3. The molecule has 1 heterocycles. The fraction of sp³-hybridized carbons (Fsp3) is 0.400. The van der Waals surface area contributed by atoms with Crippen LogP contribution in [0.1, 0.15) is 59.9 Å². The predicted octanol–water partition coefficient (Wildman–Crippen LogP) is 2.85. The average molecular weight is 271 g/mol. The Morgan fingerprint density at radius 2 is 2.05 bits per heavy atom. The molecule has 104 valence electrons. The van der Waals surface area contributed by atoms with Crippen molar-refractivity contribution in [2.45, 2.75) is 38.1 Å². The molecule has 3 rings (SSSR count). The van der Waals surface area contributed by atoms with Gasteiger partial charge in [0.25, 0.3) is 0 Å². The molecule has 1 aliphatic rings. The van der Waals surface area contributed by atoms with Crippen LogP contribution in [0.5, 0.6) is 0 Å². The van der Waals surface area contributed by atoms with E-state index in [-0.39, 0.29) is 17.7 Å². The van der Waals surface area contributed by atoms with Crippen LogP contribution in [0.4, 0.5) is 0 Å². The van der Waals surface area contributed by atoms with Gasteiger partial charge in [0.05, 0.1) is 11.7 Å². The fourth-order valence-corrected chi connectivity index (χ4v) is 2.67. The van der Waals surface area contributed by atoms with Crippen LogP contribution in [0.25, 0.3) is 0 Å². The first-order valence-electron chi connectivity index (χ1n) is 6.92. The zero-order valence-electron chi connectivity index (χ0n) is 11.4. The Kier molecular flexibility index (Phi) is 3.26. The Labute approximate surface area is 117 Å². The van der Waals surface area contributed by atoms with Gasteiger partial charge in [-0.2, -0.15) is 0 Å². The first kappa shape index (κ1) is 12.8. The maximum Gasteiger partial charge on any atom is 0.358 e. The SMILES string of the molecule is CC(c1ccccc1)n1nnc(C(=O)O)c1C1CCC1. The summed E-state index contributed by atoms with van der Waals surface area (Å²) in [6, 6.07) is 9.96. The molecule has 0 saturated heterocycles. The van der Waals surface area contributed by atoms with E-state index in [1.165, 1.54) is 0 Å². The van der Waals surface area contributed by atoms with Crippen LogP contribution >= 0.6 is 0 Å². The number of aromatic nitrogens is 3. The van der Waals surface area contributed by atoms with Crippen molar-refractivity contribution in [2.75, 3.05) is 0 Å². The first-order chi connectivity index (χ1) is 9.68. The van der Waals surface area contributed by atoms with E-state index in [9.17, 15) is 9.90 Å². The molecule has 20 heavy (non-hydrogen) atoms. The highest BCUT2D eigenvalue weighted by Crippen LogP contribution is 2.39. The normalized spacial score (nSPS) is 16.6. The fourth-order valence-electron chi connectivity index (χ4n) is 2.67. The molecule has 0 aliphatic heterocycles. The molecule has 0 bridgehead atoms. The van der Waals surface area contributed by atoms with Gasteiger partial charge in [-0.25, -0.2) is 9.48 Å². The second-order valence-electron chi connectivity index (χ2n) is 5.29. The number of benzene rings is 1. The van der Waals surface area contributed by atoms with E-state index in [0.717, 1.165) is 30.5 Å². The van der Waals surface area contributed by atoms with Crippen molar-refractivity contribution in [3.05, 3.63) is 47.3 Å². The van der Waals surface area contributed by atoms with Crippen molar-refractivity contribution < 1.29 is 9.90 Å². The van der Waals surface area contributed by atoms with Gasteiger partial charge < -0.3 is 5.11 Å². The van der Waals surface area contributed by atoms with Crippen molar-refractivity contribution in [3.8, 4) is 0 Å². The minimum atomic E-state index is -0.988. The number of aromatic carboxylic acids is 1. The third-order valence-electron chi connectivity index (χ3n) is 4.07. The maximum atomic E-state index is 11.3. The van der Waals surface area contributed by atoms with Gasteiger partial charge in [0.1, 0.15) is 0 Å². The number of nitrogens with zero attached hydrogens (tertiary/aromatic N) is 3. The Morgan fingerprint density at radius 1 is 1.35 bits per heavy atom. The molecule has 1 atom stereocenters. The molecule has 0 amide bonds. The Bertz CT molecular complexity index is 617. The van der Waals surface area contributed by atoms with Crippen LogP contribution in [0.15, 0.2) is 30.3 Å². The van der Waals surface area contributed by atoms with Gasteiger partial charge >= 0.3 is 5.97 Å². The summed E-state index contributed by atoms with van der Waals surface area (Å²) in [7, 11) is 0. The van der Waals surface area contributed by atoms with E-state index in [1.807, 2.05) is 37.3 Å². The maximum absolute atomic E-state index is 11.3. The number of carboxylic acid groups (broad SMARTS) is 1. The molecule has 5 heteroatoms. The molecule has 1 fully saturated rings. The summed E-state index contributed by atoms with van der Waals surface area (Å²) in [5.41, 5.74) is 1.99. The molecular formula is C15H17N3O2. The molecule has 1 N–H and O–H groups in total. The highest BCUT2D eigenvalue weighted by molar-refractivity contribution is 5.86. The highest BCUT2D eigenvalue weighted by atomic mass is 16.4. The molecule has 5 nitrogen and oxygen atoms in total. The minimum absolute atomic E-state index is 0.00704. The molecular weight excluding hydrogens is 254 g/mol. The lowest BCUT2D eigenvalue weighted by molar-refractivity contribution is 0.0687. The zero-order valence-corrected chi connectivity index (χ0v) is 11.4. The van der Waals surface area contributed by atoms with Gasteiger partial charge in [-0.3, -0.25) is 0 Å². The van der Waals surface area contributed by atoms with Crippen molar-refractivity contribution in [1.82, 2.24) is 15.0 Å². The average Bonchev–Trinajstić information content (AvgIpc) is 2.81. The van der Waals surface area contributed by atoms with Crippen LogP contribution in [0.3, 0.4) is 0 Å². The highest BCUT2D eigenvalue weighted by Gasteiger charge is 2.32. The molecule has 1 aromatic carbocycles. The number of hydrogen-bond donors (Lipinski definition) is 1. The first-order valence-corrected chi connectivity index (χ1v) is 6.92. The second kappa shape index (κ2) is 5.07. The third-order valence-corrected chi connectivity index (χ3v) is 4.07. The van der Waals surface area contributed by atoms with Gasteiger partial charge in [-0.1, -0.05) is 42.0 Å². The Morgan fingerprint density at radius 3 is 2.60 bits per heavy atom. The van der Waals surface area contributed by atoms with Gasteiger partial charge in [0, 0.05) is 5.92 Å². The monoisotopic (exact) mass is 271 g/mol. The summed E-state index contributed by atoms with van der Waals surface area (Å²) >= 11 is 0. The van der Waals surface area contributed by atoms with E-state index in [0.29, 0.717) is 0 Å². The third kappa shape index (κ3) is 2.09. The van der Waals surface area contributed by atoms with Crippen LogP contribution < -0.4 is 0 Å². The van der Waals surface area contributed by atoms with Gasteiger partial charge in [-0.15, -0.1) is 5.10 Å². The second-order valence-corrected chi connectivity index (χ2v) is 5.29. The van der Waals surface area contributed by atoms with Crippen molar-refractivity contribution in [1.29, 1.82) is 0 Å². The lowest BCUT2D eigenvalue weighted by Gasteiger charge is -2.27. The Balaban J connectivity index is 2.03. The van der Waals surface area contributed by atoms with E-state index in [2.05, 4.69) is 10.3 Å². The number of carboxylic acids is 1. The van der Waals surface area contributed by atoms with Crippen molar-refractivity contribution >= 4 is 5.97 Å². The topological polar surface area (TPSA) is 68.0 Å². The molecule has 0 radical (unpaired) electrons. The molecule has 1 aromatic heterocycles. The summed E-state index contributed by atoms with van der Waals surface area (Å²) in [5.74, 6) is -0.708. The standard InChI is InChI=1S/C15H17N3O2/c1-10(11-6-3-2-4-7-11)18-14(12-8-5-9-12)13(15(19)20)16-17-18/h2-4,6-7,10,12H,5,8-9H2,1H3,(H,19,20). The smallest absolute Gasteiger partial charge is 0.358 e. The summed E-state index contributed by atoms with van der Waals surface area (Å²) in [5, 5.41) is 17.3. The number of rotatable bonds is 4. The van der Waals surface area contributed by atoms with Crippen LogP contribution in [-0.4, -0.2) is 26.1 Å². The predicted molar refractivity (Wildman–Crippen MR) is 73.8 cm³/mol. The molecule has 1 aliphatic carbocycles. The summed E-state index contributed by atoms with van der Waals surface area (Å²) < 4.78 is 1.78. The van der Waals surface area contributed by atoms with Crippen LogP contribution in [-0.2, 0) is 0 Å². The number of carbonyl (C=O) groups is 1. The van der Waals surface area contributed by atoms with Crippen LogP contribution in [0, 0.1) is 0 Å². The van der Waals surface area contributed by atoms with E-state index < -0.39 is 5.97 Å². The van der Waals surface area contributed by atoms with E-state index in [1.54, 1.807) is 4.68 Å². The molecule has 2 aromatic rings. The molecule has 1 saturated carbocycles. The lowest BCUT2D eigenvalue weighted by atomic mass is 9.81. The summed E-state index contributed by atoms with van der Waals surface area (Å²) in [6.07, 6.45) is 3.19. The largest absolute Gasteiger partial charge is 0.476 e. The van der Waals surface area contributed by atoms with Crippen molar-refractivity contribution in [3.63, 3.8) is 0 Å². The Hall–Kier alpha value is -2.17. The van der Waals surface area contributed by atoms with Gasteiger partial charge in [0.2, 0.25) is 0 Å². The van der Waals surface area contributed by atoms with E-state index >= 15 is 0 Å². The van der Waals surface area contributed by atoms with Gasteiger partial charge in [0.15, 0.2) is 5.69 Å². The molecule has 1 unspecified atom stereocenters. The quantitative estimate of drug-likeness (QED) is 0.928.